The molecule has 0 saturated carbocycles. The number of halogens is 2. The molecule has 1 saturated heterocycles. The highest BCUT2D eigenvalue weighted by Gasteiger charge is 2.40. The van der Waals surface area contributed by atoms with E-state index in [-0.39, 0.29) is 41.9 Å². The third-order valence-electron chi connectivity index (χ3n) is 8.07. The molecule has 0 aliphatic carbocycles. The van der Waals surface area contributed by atoms with Crippen molar-refractivity contribution in [2.24, 2.45) is 0 Å². The molecule has 2 aliphatic rings. The standard InChI is InChI=1S/C32H30F2N4O4/c1-5-26(40)36-15-19-16-42-30-29(37(19)14-18(36)4)21-13-23(34)28(27-22(33)10-8-12-25(27)39)35-31(21)38(32(30)41)24-11-7-6-9-20(24)17(2)3/h5-13,17-19,39H,1,14-16H2,2-4H3. The van der Waals surface area contributed by atoms with Crippen LogP contribution in [-0.2, 0) is 4.79 Å². The number of pyridine rings is 2. The Bertz CT molecular complexity index is 1800. The summed E-state index contributed by atoms with van der Waals surface area (Å²) in [5.41, 5.74) is 0.533. The van der Waals surface area contributed by atoms with Gasteiger partial charge in [0.15, 0.2) is 11.5 Å². The lowest BCUT2D eigenvalue weighted by Crippen LogP contribution is -2.62. The molecule has 1 fully saturated rings. The van der Waals surface area contributed by atoms with Crippen LogP contribution in [-0.4, -0.2) is 57.2 Å². The molecule has 8 nitrogen and oxygen atoms in total. The molecule has 10 heteroatoms. The van der Waals surface area contributed by atoms with Crippen molar-refractivity contribution < 1.29 is 23.4 Å². The minimum atomic E-state index is -0.872. The average Bonchev–Trinajstić information content (AvgIpc) is 2.97. The number of phenols is 1. The van der Waals surface area contributed by atoms with Gasteiger partial charge in [0.1, 0.15) is 23.9 Å². The normalized spacial score (nSPS) is 18.0. The Morgan fingerprint density at radius 1 is 1.14 bits per heavy atom. The molecule has 1 N–H and O–H groups in total. The van der Waals surface area contributed by atoms with Crippen molar-refractivity contribution in [3.63, 3.8) is 0 Å². The average molecular weight is 573 g/mol. The topological polar surface area (TPSA) is 87.9 Å². The molecule has 42 heavy (non-hydrogen) atoms. The van der Waals surface area contributed by atoms with Crippen LogP contribution in [0.2, 0.25) is 0 Å². The van der Waals surface area contributed by atoms with Gasteiger partial charge in [0.2, 0.25) is 11.7 Å². The van der Waals surface area contributed by atoms with Crippen molar-refractivity contribution in [2.45, 2.75) is 38.8 Å². The molecule has 2 atom stereocenters. The number of para-hydroxylation sites is 1. The maximum absolute atomic E-state index is 15.9. The summed E-state index contributed by atoms with van der Waals surface area (Å²) < 4.78 is 38.4. The van der Waals surface area contributed by atoms with Crippen molar-refractivity contribution in [1.82, 2.24) is 14.5 Å². The third-order valence-corrected chi connectivity index (χ3v) is 8.07. The lowest BCUT2D eigenvalue weighted by Gasteiger charge is -2.48. The van der Waals surface area contributed by atoms with Crippen LogP contribution < -0.4 is 15.2 Å². The largest absolute Gasteiger partial charge is 0.507 e. The van der Waals surface area contributed by atoms with Crippen LogP contribution in [0.1, 0.15) is 32.3 Å². The highest BCUT2D eigenvalue weighted by molar-refractivity contribution is 5.96. The molecule has 4 heterocycles. The second kappa shape index (κ2) is 10.3. The van der Waals surface area contributed by atoms with Gasteiger partial charge < -0.3 is 19.6 Å². The Hall–Kier alpha value is -4.73. The van der Waals surface area contributed by atoms with Gasteiger partial charge in [-0.1, -0.05) is 44.7 Å². The number of hydrogen-bond acceptors (Lipinski definition) is 6. The predicted molar refractivity (Wildman–Crippen MR) is 156 cm³/mol. The Kier molecular flexibility index (Phi) is 6.71. The number of phenolic OH excluding ortho intramolecular Hbond substituents is 1. The molecule has 6 rings (SSSR count). The zero-order valence-electron chi connectivity index (χ0n) is 23.5. The molecule has 0 radical (unpaired) electrons. The quantitative estimate of drug-likeness (QED) is 0.341. The Labute approximate surface area is 241 Å². The van der Waals surface area contributed by atoms with E-state index in [2.05, 4.69) is 11.6 Å². The first-order valence-corrected chi connectivity index (χ1v) is 13.8. The van der Waals surface area contributed by atoms with Gasteiger partial charge in [-0.05, 0) is 48.7 Å². The number of piperazine rings is 1. The molecule has 216 valence electrons. The van der Waals surface area contributed by atoms with Crippen LogP contribution in [0.4, 0.5) is 14.5 Å². The van der Waals surface area contributed by atoms with Crippen LogP contribution in [0.25, 0.3) is 28.0 Å². The SMILES string of the molecule is C=CC(=O)N1CC2COc3c(c4cc(F)c(-c5c(O)cccc5F)nc4n(-c4ccccc4C(C)C)c3=O)N2CC1C. The van der Waals surface area contributed by atoms with Gasteiger partial charge in [-0.25, -0.2) is 13.8 Å². The number of nitrogens with zero attached hydrogens (tertiary/aromatic N) is 4. The van der Waals surface area contributed by atoms with Crippen molar-refractivity contribution in [2.75, 3.05) is 24.6 Å². The van der Waals surface area contributed by atoms with Gasteiger partial charge in [-0.3, -0.25) is 14.2 Å². The molecular formula is C32H30F2N4O4. The van der Waals surface area contributed by atoms with Gasteiger partial charge in [-0.2, -0.15) is 0 Å². The first-order valence-electron chi connectivity index (χ1n) is 13.8. The Balaban J connectivity index is 1.68. The van der Waals surface area contributed by atoms with Crippen LogP contribution >= 0.6 is 0 Å². The van der Waals surface area contributed by atoms with E-state index in [1.807, 2.05) is 37.8 Å². The van der Waals surface area contributed by atoms with Crippen molar-refractivity contribution >= 4 is 22.6 Å². The maximum Gasteiger partial charge on any atom is 0.301 e. The van der Waals surface area contributed by atoms with Crippen molar-refractivity contribution in [1.29, 1.82) is 0 Å². The summed E-state index contributed by atoms with van der Waals surface area (Å²) in [5.74, 6) is -2.33. The summed E-state index contributed by atoms with van der Waals surface area (Å²) in [6.45, 7) is 10.3. The number of carbonyl (C=O) groups is 1. The second-order valence-corrected chi connectivity index (χ2v) is 11.0. The number of carbonyl (C=O) groups excluding carboxylic acids is 1. The fraction of sp³-hybridized carbons (Fsp3) is 0.281. The smallest absolute Gasteiger partial charge is 0.301 e. The van der Waals surface area contributed by atoms with E-state index >= 15 is 4.39 Å². The van der Waals surface area contributed by atoms with Crippen LogP contribution in [0.3, 0.4) is 0 Å². The second-order valence-electron chi connectivity index (χ2n) is 11.0. The van der Waals surface area contributed by atoms with E-state index in [0.717, 1.165) is 11.6 Å². The fourth-order valence-corrected chi connectivity index (χ4v) is 6.04. The molecule has 0 bridgehead atoms. The monoisotopic (exact) mass is 572 g/mol. The number of amides is 1. The summed E-state index contributed by atoms with van der Waals surface area (Å²) in [7, 11) is 0. The van der Waals surface area contributed by atoms with Crippen molar-refractivity contribution in [3.8, 4) is 28.4 Å². The predicted octanol–water partition coefficient (Wildman–Crippen LogP) is 5.14. The van der Waals surface area contributed by atoms with Gasteiger partial charge in [0.25, 0.3) is 0 Å². The van der Waals surface area contributed by atoms with E-state index in [4.69, 9.17) is 4.74 Å². The molecular weight excluding hydrogens is 542 g/mol. The Morgan fingerprint density at radius 2 is 1.90 bits per heavy atom. The van der Waals surface area contributed by atoms with E-state index in [9.17, 15) is 19.1 Å². The number of ether oxygens (including phenoxy) is 1. The van der Waals surface area contributed by atoms with Gasteiger partial charge >= 0.3 is 5.56 Å². The highest BCUT2D eigenvalue weighted by atomic mass is 19.1. The number of hydrogen-bond donors (Lipinski definition) is 1. The van der Waals surface area contributed by atoms with E-state index < -0.39 is 34.2 Å². The summed E-state index contributed by atoms with van der Waals surface area (Å²) in [4.78, 5) is 35.1. The zero-order chi connectivity index (χ0) is 29.9. The van der Waals surface area contributed by atoms with Gasteiger partial charge in [0, 0.05) is 24.5 Å². The maximum atomic E-state index is 15.9. The number of aromatic hydroxyl groups is 1. The number of rotatable bonds is 4. The number of benzene rings is 2. The number of anilines is 1. The lowest BCUT2D eigenvalue weighted by atomic mass is 9.99. The van der Waals surface area contributed by atoms with Gasteiger partial charge in [0.05, 0.1) is 23.0 Å². The molecule has 0 spiro atoms. The summed E-state index contributed by atoms with van der Waals surface area (Å²) in [5, 5.41) is 10.8. The molecule has 2 aromatic heterocycles. The van der Waals surface area contributed by atoms with Crippen molar-refractivity contribution in [3.05, 3.63) is 88.7 Å². The summed E-state index contributed by atoms with van der Waals surface area (Å²) in [6.07, 6.45) is 1.27. The molecule has 1 amide bonds. The molecule has 2 unspecified atom stereocenters. The van der Waals surface area contributed by atoms with Crippen LogP contribution in [0, 0.1) is 11.6 Å². The highest BCUT2D eigenvalue weighted by Crippen LogP contribution is 2.42. The molecule has 2 aliphatic heterocycles. The number of fused-ring (bicyclic) bond motifs is 5. The third kappa shape index (κ3) is 4.20. The summed E-state index contributed by atoms with van der Waals surface area (Å²) >= 11 is 0. The zero-order valence-corrected chi connectivity index (χ0v) is 23.5. The first kappa shape index (κ1) is 27.4. The van der Waals surface area contributed by atoms with Crippen LogP contribution in [0.15, 0.2) is 66.0 Å². The Morgan fingerprint density at radius 3 is 2.62 bits per heavy atom. The fourth-order valence-electron chi connectivity index (χ4n) is 6.04. The van der Waals surface area contributed by atoms with E-state index in [1.165, 1.54) is 28.8 Å². The van der Waals surface area contributed by atoms with Gasteiger partial charge in [-0.15, -0.1) is 0 Å². The van der Waals surface area contributed by atoms with E-state index in [0.29, 0.717) is 29.9 Å². The molecule has 2 aromatic carbocycles. The first-order chi connectivity index (χ1) is 20.1. The minimum Gasteiger partial charge on any atom is -0.507 e. The summed E-state index contributed by atoms with van der Waals surface area (Å²) in [6, 6.07) is 11.7. The lowest BCUT2D eigenvalue weighted by molar-refractivity contribution is -0.129. The van der Waals surface area contributed by atoms with Crippen LogP contribution in [0.5, 0.6) is 11.5 Å². The van der Waals surface area contributed by atoms with E-state index in [1.54, 1.807) is 17.0 Å². The molecule has 4 aromatic rings. The minimum absolute atomic E-state index is 0.0244. The number of aromatic nitrogens is 2.